The maximum absolute atomic E-state index is 12.8. The number of hydrogen-bond donors (Lipinski definition) is 1. The van der Waals surface area contributed by atoms with Crippen molar-refractivity contribution < 1.29 is 23.1 Å². The van der Waals surface area contributed by atoms with Gasteiger partial charge >= 0.3 is 12.1 Å². The summed E-state index contributed by atoms with van der Waals surface area (Å²) in [4.78, 5) is 11.0. The highest BCUT2D eigenvalue weighted by Gasteiger charge is 2.30. The van der Waals surface area contributed by atoms with Gasteiger partial charge in [-0.05, 0) is 29.8 Å². The number of benzene rings is 2. The lowest BCUT2D eigenvalue weighted by Gasteiger charge is -2.09. The SMILES string of the molecule is O=C(O)c1ccc2cnn(Cc3cccc(C(F)(F)F)c3)c2c1. The van der Waals surface area contributed by atoms with Gasteiger partial charge in [-0.15, -0.1) is 0 Å². The summed E-state index contributed by atoms with van der Waals surface area (Å²) in [6.45, 7) is 0.122. The van der Waals surface area contributed by atoms with Gasteiger partial charge in [0.2, 0.25) is 0 Å². The van der Waals surface area contributed by atoms with Crippen LogP contribution in [0.25, 0.3) is 10.9 Å². The Balaban J connectivity index is 1.99. The number of fused-ring (bicyclic) bond motifs is 1. The van der Waals surface area contributed by atoms with Crippen molar-refractivity contribution in [1.29, 1.82) is 0 Å². The molecular formula is C16H11F3N2O2. The zero-order valence-corrected chi connectivity index (χ0v) is 11.7. The third kappa shape index (κ3) is 3.03. The second kappa shape index (κ2) is 5.42. The number of alkyl halides is 3. The van der Waals surface area contributed by atoms with Gasteiger partial charge < -0.3 is 5.11 Å². The van der Waals surface area contributed by atoms with E-state index in [1.165, 1.54) is 22.9 Å². The standard InChI is InChI=1S/C16H11F3N2O2/c17-16(18,19)13-3-1-2-10(6-13)9-21-14-7-11(15(22)23)4-5-12(14)8-20-21/h1-8H,9H2,(H,22,23). The number of rotatable bonds is 3. The second-order valence-corrected chi connectivity index (χ2v) is 5.08. The largest absolute Gasteiger partial charge is 0.478 e. The van der Waals surface area contributed by atoms with E-state index < -0.39 is 17.7 Å². The van der Waals surface area contributed by atoms with E-state index in [1.807, 2.05) is 0 Å². The van der Waals surface area contributed by atoms with Crippen LogP contribution in [0.15, 0.2) is 48.7 Å². The molecule has 0 radical (unpaired) electrons. The van der Waals surface area contributed by atoms with E-state index in [0.29, 0.717) is 11.1 Å². The minimum Gasteiger partial charge on any atom is -0.478 e. The van der Waals surface area contributed by atoms with Crippen molar-refractivity contribution in [2.75, 3.05) is 0 Å². The molecule has 0 atom stereocenters. The molecule has 0 fully saturated rings. The normalized spacial score (nSPS) is 11.8. The Morgan fingerprint density at radius 2 is 1.96 bits per heavy atom. The highest BCUT2D eigenvalue weighted by molar-refractivity contribution is 5.93. The van der Waals surface area contributed by atoms with E-state index in [0.717, 1.165) is 17.5 Å². The van der Waals surface area contributed by atoms with Gasteiger partial charge in [0.05, 0.1) is 29.4 Å². The fourth-order valence-electron chi connectivity index (χ4n) is 2.35. The number of carboxylic acids is 1. The minimum absolute atomic E-state index is 0.100. The summed E-state index contributed by atoms with van der Waals surface area (Å²) in [5.41, 5.74) is 0.369. The molecule has 3 aromatic rings. The number of nitrogens with zero attached hydrogens (tertiary/aromatic N) is 2. The summed E-state index contributed by atoms with van der Waals surface area (Å²) < 4.78 is 39.7. The molecule has 118 valence electrons. The molecule has 0 unspecified atom stereocenters. The van der Waals surface area contributed by atoms with Crippen molar-refractivity contribution in [2.24, 2.45) is 0 Å². The van der Waals surface area contributed by atoms with Crippen molar-refractivity contribution in [2.45, 2.75) is 12.7 Å². The number of aromatic nitrogens is 2. The molecule has 2 aromatic carbocycles. The first-order valence-electron chi connectivity index (χ1n) is 6.69. The van der Waals surface area contributed by atoms with E-state index in [4.69, 9.17) is 5.11 Å². The predicted molar refractivity (Wildman–Crippen MR) is 77.2 cm³/mol. The lowest BCUT2D eigenvalue weighted by Crippen LogP contribution is -2.07. The molecule has 0 aliphatic carbocycles. The van der Waals surface area contributed by atoms with Crippen LogP contribution in [0.3, 0.4) is 0 Å². The molecular weight excluding hydrogens is 309 g/mol. The summed E-state index contributed by atoms with van der Waals surface area (Å²) >= 11 is 0. The van der Waals surface area contributed by atoms with Crippen molar-refractivity contribution in [3.63, 3.8) is 0 Å². The van der Waals surface area contributed by atoms with Gasteiger partial charge in [0.25, 0.3) is 0 Å². The molecule has 0 spiro atoms. The smallest absolute Gasteiger partial charge is 0.416 e. The fourth-order valence-corrected chi connectivity index (χ4v) is 2.35. The zero-order valence-electron chi connectivity index (χ0n) is 11.7. The predicted octanol–water partition coefficient (Wildman–Crippen LogP) is 3.80. The van der Waals surface area contributed by atoms with Crippen LogP contribution in [0.2, 0.25) is 0 Å². The van der Waals surface area contributed by atoms with E-state index in [2.05, 4.69) is 5.10 Å². The van der Waals surface area contributed by atoms with Crippen LogP contribution >= 0.6 is 0 Å². The average Bonchev–Trinajstić information content (AvgIpc) is 2.89. The molecule has 3 rings (SSSR count). The van der Waals surface area contributed by atoms with Crippen LogP contribution in [0, 0.1) is 0 Å². The molecule has 4 nitrogen and oxygen atoms in total. The van der Waals surface area contributed by atoms with Crippen molar-refractivity contribution >= 4 is 16.9 Å². The Morgan fingerprint density at radius 1 is 1.17 bits per heavy atom. The van der Waals surface area contributed by atoms with Crippen LogP contribution < -0.4 is 0 Å². The highest BCUT2D eigenvalue weighted by Crippen LogP contribution is 2.29. The molecule has 0 aliphatic rings. The Bertz CT molecular complexity index is 884. The number of aromatic carboxylic acids is 1. The first-order valence-corrected chi connectivity index (χ1v) is 6.69. The summed E-state index contributed by atoms with van der Waals surface area (Å²) in [5.74, 6) is -1.07. The molecule has 0 bridgehead atoms. The summed E-state index contributed by atoms with van der Waals surface area (Å²) in [6, 6.07) is 9.52. The van der Waals surface area contributed by atoms with Gasteiger partial charge in [-0.2, -0.15) is 18.3 Å². The van der Waals surface area contributed by atoms with Crippen molar-refractivity contribution in [3.05, 3.63) is 65.4 Å². The Morgan fingerprint density at radius 3 is 2.65 bits per heavy atom. The second-order valence-electron chi connectivity index (χ2n) is 5.08. The fraction of sp³-hybridized carbons (Fsp3) is 0.125. The highest BCUT2D eigenvalue weighted by atomic mass is 19.4. The maximum Gasteiger partial charge on any atom is 0.416 e. The van der Waals surface area contributed by atoms with Gasteiger partial charge in [-0.3, -0.25) is 4.68 Å². The molecule has 1 N–H and O–H groups in total. The van der Waals surface area contributed by atoms with Crippen LogP contribution in [-0.2, 0) is 12.7 Å². The Kier molecular flexibility index (Phi) is 3.55. The van der Waals surface area contributed by atoms with Gasteiger partial charge in [0, 0.05) is 5.39 Å². The van der Waals surface area contributed by atoms with Crippen LogP contribution in [0.5, 0.6) is 0 Å². The minimum atomic E-state index is -4.40. The summed E-state index contributed by atoms with van der Waals surface area (Å²) in [5, 5.41) is 13.9. The van der Waals surface area contributed by atoms with Crippen LogP contribution in [0.4, 0.5) is 13.2 Å². The first kappa shape index (κ1) is 15.1. The molecule has 0 amide bonds. The summed E-state index contributed by atoms with van der Waals surface area (Å²) in [6.07, 6.45) is -2.85. The lowest BCUT2D eigenvalue weighted by molar-refractivity contribution is -0.137. The topological polar surface area (TPSA) is 55.1 Å². The quantitative estimate of drug-likeness (QED) is 0.798. The van der Waals surface area contributed by atoms with Crippen molar-refractivity contribution in [3.8, 4) is 0 Å². The number of carboxylic acid groups (broad SMARTS) is 1. The first-order chi connectivity index (χ1) is 10.8. The molecule has 0 aliphatic heterocycles. The maximum atomic E-state index is 12.8. The third-order valence-electron chi connectivity index (χ3n) is 3.48. The number of hydrogen-bond acceptors (Lipinski definition) is 2. The van der Waals surface area contributed by atoms with Gasteiger partial charge in [-0.1, -0.05) is 18.2 Å². The zero-order chi connectivity index (χ0) is 16.6. The lowest BCUT2D eigenvalue weighted by atomic mass is 10.1. The molecule has 1 aromatic heterocycles. The molecule has 23 heavy (non-hydrogen) atoms. The molecule has 0 saturated heterocycles. The number of carbonyl (C=O) groups is 1. The van der Waals surface area contributed by atoms with E-state index in [1.54, 1.807) is 18.3 Å². The Hall–Kier alpha value is -2.83. The molecule has 1 heterocycles. The van der Waals surface area contributed by atoms with Crippen molar-refractivity contribution in [1.82, 2.24) is 9.78 Å². The van der Waals surface area contributed by atoms with Gasteiger partial charge in [-0.25, -0.2) is 4.79 Å². The van der Waals surface area contributed by atoms with Gasteiger partial charge in [0.1, 0.15) is 0 Å². The van der Waals surface area contributed by atoms with Crippen LogP contribution in [-0.4, -0.2) is 20.9 Å². The van der Waals surface area contributed by atoms with Crippen LogP contribution in [0.1, 0.15) is 21.5 Å². The summed E-state index contributed by atoms with van der Waals surface area (Å²) in [7, 11) is 0. The average molecular weight is 320 g/mol. The van der Waals surface area contributed by atoms with Gasteiger partial charge in [0.15, 0.2) is 0 Å². The Labute approximate surface area is 128 Å². The third-order valence-corrected chi connectivity index (χ3v) is 3.48. The molecule has 7 heteroatoms. The number of halogens is 3. The van der Waals surface area contributed by atoms with E-state index in [-0.39, 0.29) is 12.1 Å². The molecule has 0 saturated carbocycles. The van der Waals surface area contributed by atoms with E-state index in [9.17, 15) is 18.0 Å². The monoisotopic (exact) mass is 320 g/mol. The van der Waals surface area contributed by atoms with E-state index >= 15 is 0 Å².